The molecule has 1 aliphatic heterocycles. The number of carbonyl (C=O) groups excluding carboxylic acids is 1. The van der Waals surface area contributed by atoms with E-state index in [2.05, 4.69) is 17.2 Å². The van der Waals surface area contributed by atoms with Gasteiger partial charge < -0.3 is 4.90 Å². The minimum absolute atomic E-state index is 0.0621. The molecule has 1 saturated heterocycles. The average molecular weight is 328 g/mol. The highest BCUT2D eigenvalue weighted by atomic mass is 19.4. The molecule has 0 atom stereocenters. The monoisotopic (exact) mass is 328 g/mol. The summed E-state index contributed by atoms with van der Waals surface area (Å²) in [6.45, 7) is 2.70. The molecule has 0 N–H and O–H groups in total. The van der Waals surface area contributed by atoms with Gasteiger partial charge in [-0.2, -0.15) is 13.2 Å². The first-order valence-electron chi connectivity index (χ1n) is 8.04. The number of rotatable bonds is 3. The number of aromatic nitrogens is 3. The first kappa shape index (κ1) is 15.0. The van der Waals surface area contributed by atoms with Crippen LogP contribution in [0.2, 0.25) is 0 Å². The molecule has 126 valence electrons. The number of alkyl halides is 3. The van der Waals surface area contributed by atoms with Gasteiger partial charge in [-0.05, 0) is 25.7 Å². The third kappa shape index (κ3) is 2.10. The van der Waals surface area contributed by atoms with Crippen LogP contribution in [0, 0.1) is 5.41 Å². The van der Waals surface area contributed by atoms with Crippen molar-refractivity contribution in [2.75, 3.05) is 13.1 Å². The smallest absolute Gasteiger partial charge is 0.337 e. The van der Waals surface area contributed by atoms with E-state index < -0.39 is 17.5 Å². The highest BCUT2D eigenvalue weighted by Gasteiger charge is 2.65. The maximum absolute atomic E-state index is 13.2. The van der Waals surface area contributed by atoms with Gasteiger partial charge in [-0.25, -0.2) is 4.68 Å². The number of hydrogen-bond acceptors (Lipinski definition) is 3. The van der Waals surface area contributed by atoms with E-state index in [1.165, 1.54) is 4.90 Å². The summed E-state index contributed by atoms with van der Waals surface area (Å²) in [5, 5.41) is 8.26. The summed E-state index contributed by atoms with van der Waals surface area (Å²) in [5.74, 6) is -0.762. The third-order valence-corrected chi connectivity index (χ3v) is 5.81. The molecular formula is C15H19F3N4O. The number of hydrogen-bond donors (Lipinski definition) is 0. The Morgan fingerprint density at radius 3 is 2.39 bits per heavy atom. The van der Waals surface area contributed by atoms with Crippen molar-refractivity contribution >= 4 is 5.91 Å². The highest BCUT2D eigenvalue weighted by Crippen LogP contribution is 2.54. The van der Waals surface area contributed by atoms with Crippen LogP contribution in [0.1, 0.15) is 50.8 Å². The van der Waals surface area contributed by atoms with E-state index in [0.29, 0.717) is 6.42 Å². The second-order valence-corrected chi connectivity index (χ2v) is 7.44. The van der Waals surface area contributed by atoms with Crippen molar-refractivity contribution in [2.24, 2.45) is 5.41 Å². The van der Waals surface area contributed by atoms with Gasteiger partial charge >= 0.3 is 6.18 Å². The summed E-state index contributed by atoms with van der Waals surface area (Å²) < 4.78 is 41.3. The van der Waals surface area contributed by atoms with Crippen molar-refractivity contribution in [3.05, 3.63) is 11.9 Å². The van der Waals surface area contributed by atoms with Crippen molar-refractivity contribution in [1.29, 1.82) is 0 Å². The molecular weight excluding hydrogens is 309 g/mol. The van der Waals surface area contributed by atoms with Gasteiger partial charge in [-0.15, -0.1) is 5.10 Å². The normalized spacial score (nSPS) is 25.7. The summed E-state index contributed by atoms with van der Waals surface area (Å²) in [5.41, 5.74) is -1.08. The van der Waals surface area contributed by atoms with E-state index in [4.69, 9.17) is 0 Å². The Hall–Kier alpha value is -1.60. The molecule has 5 nitrogen and oxygen atoms in total. The summed E-state index contributed by atoms with van der Waals surface area (Å²) >= 11 is 0. The van der Waals surface area contributed by atoms with Gasteiger partial charge in [0.2, 0.25) is 5.91 Å². The van der Waals surface area contributed by atoms with Crippen LogP contribution < -0.4 is 0 Å². The molecule has 2 aliphatic carbocycles. The van der Waals surface area contributed by atoms with E-state index in [1.807, 2.05) is 6.20 Å². The molecule has 4 rings (SSSR count). The van der Waals surface area contributed by atoms with Crippen molar-refractivity contribution in [2.45, 2.75) is 56.7 Å². The molecule has 2 saturated carbocycles. The van der Waals surface area contributed by atoms with Gasteiger partial charge in [-0.3, -0.25) is 4.79 Å². The lowest BCUT2D eigenvalue weighted by Crippen LogP contribution is -2.61. The van der Waals surface area contributed by atoms with Crippen molar-refractivity contribution in [3.63, 3.8) is 0 Å². The predicted octanol–water partition coefficient (Wildman–Crippen LogP) is 2.45. The van der Waals surface area contributed by atoms with Crippen LogP contribution >= 0.6 is 0 Å². The van der Waals surface area contributed by atoms with Crippen molar-refractivity contribution in [3.8, 4) is 0 Å². The Labute approximate surface area is 131 Å². The Kier molecular flexibility index (Phi) is 2.91. The fraction of sp³-hybridized carbons (Fsp3) is 0.800. The Balaban J connectivity index is 1.41. The molecule has 3 aliphatic rings. The minimum atomic E-state index is -4.45. The van der Waals surface area contributed by atoms with Gasteiger partial charge in [0.05, 0.1) is 11.7 Å². The summed E-state index contributed by atoms with van der Waals surface area (Å²) in [6, 6.07) is -0.0621. The van der Waals surface area contributed by atoms with E-state index in [9.17, 15) is 18.0 Å². The standard InChI is InChI=1S/C15H19F3N4O/c1-13(5-6-13)11-9-22(20-19-11)10-7-21(8-10)12(23)14(3-2-4-14)15(16,17)18/h9-10H,2-8H2,1H3. The van der Waals surface area contributed by atoms with Crippen molar-refractivity contribution in [1.82, 2.24) is 19.9 Å². The first-order valence-corrected chi connectivity index (χ1v) is 8.04. The van der Waals surface area contributed by atoms with E-state index in [-0.39, 0.29) is 37.4 Å². The van der Waals surface area contributed by atoms with Crippen LogP contribution in [-0.4, -0.2) is 45.1 Å². The Morgan fingerprint density at radius 2 is 1.91 bits per heavy atom. The topological polar surface area (TPSA) is 51.0 Å². The van der Waals surface area contributed by atoms with Gasteiger partial charge in [0, 0.05) is 24.7 Å². The highest BCUT2D eigenvalue weighted by molar-refractivity contribution is 5.85. The Bertz CT molecular complexity index is 639. The van der Waals surface area contributed by atoms with Crippen LogP contribution in [0.4, 0.5) is 13.2 Å². The zero-order valence-corrected chi connectivity index (χ0v) is 12.9. The average Bonchev–Trinajstić information content (AvgIpc) is 2.91. The first-order chi connectivity index (χ1) is 10.8. The Morgan fingerprint density at radius 1 is 1.26 bits per heavy atom. The summed E-state index contributed by atoms with van der Waals surface area (Å²) in [6.07, 6.45) is -0.0842. The number of nitrogens with zero attached hydrogens (tertiary/aromatic N) is 4. The van der Waals surface area contributed by atoms with Crippen LogP contribution in [0.15, 0.2) is 6.20 Å². The van der Waals surface area contributed by atoms with Crippen LogP contribution in [-0.2, 0) is 10.2 Å². The van der Waals surface area contributed by atoms with E-state index >= 15 is 0 Å². The molecule has 0 aromatic carbocycles. The maximum Gasteiger partial charge on any atom is 0.403 e. The van der Waals surface area contributed by atoms with Gasteiger partial charge in [-0.1, -0.05) is 18.6 Å². The molecule has 0 radical (unpaired) electrons. The predicted molar refractivity (Wildman–Crippen MR) is 74.6 cm³/mol. The van der Waals surface area contributed by atoms with Gasteiger partial charge in [0.15, 0.2) is 0 Å². The number of halogens is 3. The SMILES string of the molecule is CC1(c2cn(C3CN(C(=O)C4(C(F)(F)F)CCC4)C3)nn2)CC1. The van der Waals surface area contributed by atoms with Crippen LogP contribution in [0.25, 0.3) is 0 Å². The van der Waals surface area contributed by atoms with E-state index in [1.54, 1.807) is 4.68 Å². The third-order valence-electron chi connectivity index (χ3n) is 5.81. The summed E-state index contributed by atoms with van der Waals surface area (Å²) in [4.78, 5) is 13.6. The van der Waals surface area contributed by atoms with Gasteiger partial charge in [0.1, 0.15) is 5.41 Å². The lowest BCUT2D eigenvalue weighted by Gasteiger charge is -2.48. The molecule has 8 heteroatoms. The number of amides is 1. The molecule has 1 aromatic rings. The molecule has 0 bridgehead atoms. The fourth-order valence-electron chi connectivity index (χ4n) is 3.42. The molecule has 1 aromatic heterocycles. The van der Waals surface area contributed by atoms with Gasteiger partial charge in [0.25, 0.3) is 0 Å². The minimum Gasteiger partial charge on any atom is -0.337 e. The van der Waals surface area contributed by atoms with Crippen LogP contribution in [0.5, 0.6) is 0 Å². The largest absolute Gasteiger partial charge is 0.403 e. The zero-order valence-electron chi connectivity index (χ0n) is 12.9. The lowest BCUT2D eigenvalue weighted by atomic mass is 9.66. The maximum atomic E-state index is 13.2. The summed E-state index contributed by atoms with van der Waals surface area (Å²) in [7, 11) is 0. The van der Waals surface area contributed by atoms with Crippen LogP contribution in [0.3, 0.4) is 0 Å². The molecule has 3 fully saturated rings. The molecule has 0 unspecified atom stereocenters. The molecule has 2 heterocycles. The van der Waals surface area contributed by atoms with E-state index in [0.717, 1.165) is 18.5 Å². The quantitative estimate of drug-likeness (QED) is 0.856. The fourth-order valence-corrected chi connectivity index (χ4v) is 3.42. The molecule has 23 heavy (non-hydrogen) atoms. The number of carbonyl (C=O) groups is 1. The van der Waals surface area contributed by atoms with Crippen molar-refractivity contribution < 1.29 is 18.0 Å². The lowest BCUT2D eigenvalue weighted by molar-refractivity contribution is -0.250. The molecule has 0 spiro atoms. The number of likely N-dealkylation sites (tertiary alicyclic amines) is 1. The molecule has 1 amide bonds. The second-order valence-electron chi connectivity index (χ2n) is 7.44. The second kappa shape index (κ2) is 4.48. The zero-order chi connectivity index (χ0) is 16.5.